The number of aryl methyl sites for hydroxylation is 2. The number of carbonyl (C=O) groups excluding carboxylic acids is 2. The Balaban J connectivity index is 1.35. The molecule has 4 aromatic rings. The number of amides is 2. The molecule has 0 aliphatic carbocycles. The van der Waals surface area contributed by atoms with Gasteiger partial charge in [0.15, 0.2) is 0 Å². The third kappa shape index (κ3) is 5.51. The zero-order valence-corrected chi connectivity index (χ0v) is 18.5. The molecule has 0 unspecified atom stereocenters. The van der Waals surface area contributed by atoms with Crippen molar-refractivity contribution in [1.82, 2.24) is 10.2 Å². The Kier molecular flexibility index (Phi) is 6.59. The molecule has 1 heterocycles. The van der Waals surface area contributed by atoms with Crippen LogP contribution in [0.5, 0.6) is 0 Å². The van der Waals surface area contributed by atoms with Crippen molar-refractivity contribution in [3.05, 3.63) is 95.4 Å². The zero-order valence-electron chi connectivity index (χ0n) is 18.5. The average Bonchev–Trinajstić information content (AvgIpc) is 3.30. The summed E-state index contributed by atoms with van der Waals surface area (Å²) in [6, 6.07) is 22.2. The molecule has 7 nitrogen and oxygen atoms in total. The van der Waals surface area contributed by atoms with Crippen molar-refractivity contribution in [2.75, 3.05) is 10.6 Å². The lowest BCUT2D eigenvalue weighted by Crippen LogP contribution is -2.16. The van der Waals surface area contributed by atoms with Crippen LogP contribution in [-0.4, -0.2) is 22.0 Å². The van der Waals surface area contributed by atoms with E-state index >= 15 is 0 Å². The molecule has 2 amide bonds. The highest BCUT2D eigenvalue weighted by Crippen LogP contribution is 2.24. The summed E-state index contributed by atoms with van der Waals surface area (Å²) >= 11 is 0. The van der Waals surface area contributed by atoms with E-state index in [4.69, 9.17) is 4.42 Å². The minimum absolute atomic E-state index is 0.181. The van der Waals surface area contributed by atoms with Gasteiger partial charge in [-0.05, 0) is 55.8 Å². The second kappa shape index (κ2) is 9.91. The van der Waals surface area contributed by atoms with Gasteiger partial charge in [0, 0.05) is 35.3 Å². The summed E-state index contributed by atoms with van der Waals surface area (Å²) in [4.78, 5) is 25.0. The predicted octanol–water partition coefficient (Wildman–Crippen LogP) is 5.18. The van der Waals surface area contributed by atoms with Gasteiger partial charge in [-0.2, -0.15) is 0 Å². The summed E-state index contributed by atoms with van der Waals surface area (Å²) in [7, 11) is 0. The lowest BCUT2D eigenvalue weighted by molar-refractivity contribution is -0.116. The van der Waals surface area contributed by atoms with Crippen molar-refractivity contribution in [3.8, 4) is 11.5 Å². The summed E-state index contributed by atoms with van der Waals surface area (Å²) in [5.74, 6) is 0.451. The Morgan fingerprint density at radius 1 is 0.818 bits per heavy atom. The number of nitrogens with zero attached hydrogens (tertiary/aromatic N) is 2. The molecule has 0 fully saturated rings. The summed E-state index contributed by atoms with van der Waals surface area (Å²) in [6.45, 7) is 3.86. The van der Waals surface area contributed by atoms with E-state index in [-0.39, 0.29) is 18.2 Å². The molecule has 4 rings (SSSR count). The van der Waals surface area contributed by atoms with Crippen molar-refractivity contribution in [1.29, 1.82) is 0 Å². The first-order valence-corrected chi connectivity index (χ1v) is 10.6. The van der Waals surface area contributed by atoms with E-state index in [2.05, 4.69) is 20.8 Å². The highest BCUT2D eigenvalue weighted by molar-refractivity contribution is 6.05. The van der Waals surface area contributed by atoms with Crippen LogP contribution in [0.15, 0.2) is 77.2 Å². The minimum Gasteiger partial charge on any atom is -0.421 e. The predicted molar refractivity (Wildman–Crippen MR) is 127 cm³/mol. The van der Waals surface area contributed by atoms with E-state index in [9.17, 15) is 9.59 Å². The van der Waals surface area contributed by atoms with Gasteiger partial charge in [-0.1, -0.05) is 42.0 Å². The number of hydrogen-bond donors (Lipinski definition) is 2. The van der Waals surface area contributed by atoms with Crippen LogP contribution in [0.3, 0.4) is 0 Å². The first kappa shape index (κ1) is 22.0. The maximum Gasteiger partial charge on any atom is 0.255 e. The summed E-state index contributed by atoms with van der Waals surface area (Å²) in [5, 5.41) is 13.9. The second-order valence-electron chi connectivity index (χ2n) is 7.71. The molecule has 33 heavy (non-hydrogen) atoms. The van der Waals surface area contributed by atoms with Gasteiger partial charge in [-0.15, -0.1) is 10.2 Å². The van der Waals surface area contributed by atoms with Crippen LogP contribution in [0, 0.1) is 13.8 Å². The van der Waals surface area contributed by atoms with Crippen molar-refractivity contribution in [2.24, 2.45) is 0 Å². The van der Waals surface area contributed by atoms with E-state index in [1.165, 1.54) is 0 Å². The Labute approximate surface area is 191 Å². The molecule has 3 aromatic carbocycles. The largest absolute Gasteiger partial charge is 0.421 e. The second-order valence-corrected chi connectivity index (χ2v) is 7.71. The number of aromatic nitrogens is 2. The first-order valence-electron chi connectivity index (χ1n) is 10.6. The maximum absolute atomic E-state index is 12.5. The summed E-state index contributed by atoms with van der Waals surface area (Å²) in [6.07, 6.45) is 0.518. The van der Waals surface area contributed by atoms with Crippen molar-refractivity contribution in [2.45, 2.75) is 26.7 Å². The summed E-state index contributed by atoms with van der Waals surface area (Å²) in [5.41, 5.74) is 4.60. The topological polar surface area (TPSA) is 97.1 Å². The van der Waals surface area contributed by atoms with E-state index in [1.807, 2.05) is 56.3 Å². The highest BCUT2D eigenvalue weighted by atomic mass is 16.4. The Morgan fingerprint density at radius 3 is 2.24 bits per heavy atom. The smallest absolute Gasteiger partial charge is 0.255 e. The van der Waals surface area contributed by atoms with E-state index in [0.717, 1.165) is 16.7 Å². The third-order valence-electron chi connectivity index (χ3n) is 5.22. The van der Waals surface area contributed by atoms with Crippen LogP contribution in [0.4, 0.5) is 11.4 Å². The van der Waals surface area contributed by atoms with Gasteiger partial charge in [0.1, 0.15) is 0 Å². The van der Waals surface area contributed by atoms with Gasteiger partial charge >= 0.3 is 0 Å². The molecule has 0 radical (unpaired) electrons. The third-order valence-corrected chi connectivity index (χ3v) is 5.22. The normalized spacial score (nSPS) is 10.6. The van der Waals surface area contributed by atoms with Gasteiger partial charge in [0.25, 0.3) is 5.91 Å². The number of nitrogens with one attached hydrogen (secondary N) is 2. The van der Waals surface area contributed by atoms with Crippen LogP contribution in [0.2, 0.25) is 0 Å². The summed E-state index contributed by atoms with van der Waals surface area (Å²) < 4.78 is 5.69. The monoisotopic (exact) mass is 440 g/mol. The molecular weight excluding hydrogens is 416 g/mol. The lowest BCUT2D eigenvalue weighted by Gasteiger charge is -2.13. The van der Waals surface area contributed by atoms with Crippen LogP contribution < -0.4 is 10.6 Å². The highest BCUT2D eigenvalue weighted by Gasteiger charge is 2.13. The van der Waals surface area contributed by atoms with E-state index in [1.54, 1.807) is 30.3 Å². The molecule has 0 saturated carbocycles. The first-order chi connectivity index (χ1) is 16.0. The molecule has 0 aliphatic heterocycles. The van der Waals surface area contributed by atoms with Gasteiger partial charge in [0.2, 0.25) is 17.7 Å². The molecule has 166 valence electrons. The fourth-order valence-electron chi connectivity index (χ4n) is 3.29. The molecule has 2 N–H and O–H groups in total. The number of anilines is 2. The van der Waals surface area contributed by atoms with Crippen molar-refractivity contribution in [3.63, 3.8) is 0 Å². The molecule has 0 atom stereocenters. The molecule has 1 aromatic heterocycles. The fourth-order valence-corrected chi connectivity index (χ4v) is 3.29. The standard InChI is InChI=1S/C26H24N4O3/c1-17-11-13-20(14-12-17)26-30-29-24(33-26)16-15-23(31)27-21-9-6-10-22(18(21)2)28-25(32)19-7-4-3-5-8-19/h3-14H,15-16H2,1-2H3,(H,27,31)(H,28,32). The molecular formula is C26H24N4O3. The van der Waals surface area contributed by atoms with E-state index in [0.29, 0.717) is 35.1 Å². The van der Waals surface area contributed by atoms with Crippen LogP contribution in [0.25, 0.3) is 11.5 Å². The maximum atomic E-state index is 12.5. The molecule has 0 bridgehead atoms. The lowest BCUT2D eigenvalue weighted by atomic mass is 10.1. The van der Waals surface area contributed by atoms with Crippen LogP contribution in [0.1, 0.15) is 33.8 Å². The molecule has 0 saturated heterocycles. The van der Waals surface area contributed by atoms with E-state index < -0.39 is 0 Å². The number of hydrogen-bond acceptors (Lipinski definition) is 5. The molecule has 0 spiro atoms. The Bertz CT molecular complexity index is 1260. The number of carbonyl (C=O) groups is 2. The fraction of sp³-hybridized carbons (Fsp3) is 0.154. The van der Waals surface area contributed by atoms with Crippen molar-refractivity contribution >= 4 is 23.2 Å². The van der Waals surface area contributed by atoms with Crippen LogP contribution in [-0.2, 0) is 11.2 Å². The SMILES string of the molecule is Cc1ccc(-c2nnc(CCC(=O)Nc3cccc(NC(=O)c4ccccc4)c3C)o2)cc1. The Morgan fingerprint density at radius 2 is 1.52 bits per heavy atom. The van der Waals surface area contributed by atoms with Gasteiger partial charge < -0.3 is 15.1 Å². The molecule has 0 aliphatic rings. The van der Waals surface area contributed by atoms with Crippen molar-refractivity contribution < 1.29 is 14.0 Å². The minimum atomic E-state index is -0.206. The van der Waals surface area contributed by atoms with Gasteiger partial charge in [-0.25, -0.2) is 0 Å². The quantitative estimate of drug-likeness (QED) is 0.413. The number of rotatable bonds is 7. The van der Waals surface area contributed by atoms with Gasteiger partial charge in [0.05, 0.1) is 0 Å². The average molecular weight is 441 g/mol. The Hall–Kier alpha value is -4.26. The number of benzene rings is 3. The molecule has 7 heteroatoms. The zero-order chi connectivity index (χ0) is 23.2. The van der Waals surface area contributed by atoms with Crippen LogP contribution >= 0.6 is 0 Å². The van der Waals surface area contributed by atoms with Gasteiger partial charge in [-0.3, -0.25) is 9.59 Å².